The van der Waals surface area contributed by atoms with Crippen molar-refractivity contribution in [1.82, 2.24) is 10.6 Å². The summed E-state index contributed by atoms with van der Waals surface area (Å²) in [6.07, 6.45) is 0.911. The van der Waals surface area contributed by atoms with Gasteiger partial charge in [-0.1, -0.05) is 28.9 Å². The second-order valence-corrected chi connectivity index (χ2v) is 4.92. The van der Waals surface area contributed by atoms with E-state index < -0.39 is 5.97 Å². The van der Waals surface area contributed by atoms with Crippen LogP contribution in [0.2, 0.25) is 0 Å². The SMILES string of the molecule is CCCNC(=O)CNCc1ccc(C(=O)O)cc1Br. The Hall–Kier alpha value is -1.40. The van der Waals surface area contributed by atoms with Gasteiger partial charge < -0.3 is 15.7 Å². The van der Waals surface area contributed by atoms with Crippen molar-refractivity contribution in [2.45, 2.75) is 19.9 Å². The van der Waals surface area contributed by atoms with Crippen molar-refractivity contribution >= 4 is 27.8 Å². The molecule has 0 atom stereocenters. The molecule has 1 aromatic rings. The molecule has 0 unspecified atom stereocenters. The van der Waals surface area contributed by atoms with E-state index in [9.17, 15) is 9.59 Å². The molecule has 19 heavy (non-hydrogen) atoms. The largest absolute Gasteiger partial charge is 0.478 e. The number of halogens is 1. The molecule has 3 N–H and O–H groups in total. The molecule has 0 aliphatic rings. The minimum absolute atomic E-state index is 0.0415. The summed E-state index contributed by atoms with van der Waals surface area (Å²) < 4.78 is 0.717. The van der Waals surface area contributed by atoms with E-state index in [0.717, 1.165) is 12.0 Å². The molecule has 0 saturated carbocycles. The minimum atomic E-state index is -0.959. The Balaban J connectivity index is 2.45. The Kier molecular flexibility index (Phi) is 6.52. The molecule has 0 radical (unpaired) electrons. The van der Waals surface area contributed by atoms with Gasteiger partial charge in [0.05, 0.1) is 12.1 Å². The van der Waals surface area contributed by atoms with Gasteiger partial charge >= 0.3 is 5.97 Å². The lowest BCUT2D eigenvalue weighted by Crippen LogP contribution is -2.34. The maximum Gasteiger partial charge on any atom is 0.335 e. The Labute approximate surface area is 120 Å². The smallest absolute Gasteiger partial charge is 0.335 e. The molecule has 0 bridgehead atoms. The number of rotatable bonds is 7. The van der Waals surface area contributed by atoms with Gasteiger partial charge in [-0.05, 0) is 24.1 Å². The summed E-state index contributed by atoms with van der Waals surface area (Å²) >= 11 is 3.32. The summed E-state index contributed by atoms with van der Waals surface area (Å²) in [5.74, 6) is -1.00. The predicted molar refractivity (Wildman–Crippen MR) is 76.1 cm³/mol. The number of carboxylic acid groups (broad SMARTS) is 1. The van der Waals surface area contributed by atoms with Crippen molar-refractivity contribution in [3.05, 3.63) is 33.8 Å². The van der Waals surface area contributed by atoms with Gasteiger partial charge in [0.15, 0.2) is 0 Å². The summed E-state index contributed by atoms with van der Waals surface area (Å²) in [4.78, 5) is 22.1. The first kappa shape index (κ1) is 15.7. The lowest BCUT2D eigenvalue weighted by molar-refractivity contribution is -0.120. The molecule has 1 rings (SSSR count). The van der Waals surface area contributed by atoms with E-state index in [4.69, 9.17) is 5.11 Å². The zero-order valence-corrected chi connectivity index (χ0v) is 12.3. The third kappa shape index (κ3) is 5.40. The maximum absolute atomic E-state index is 11.4. The standard InChI is InChI=1S/C13H17BrN2O3/c1-2-5-16-12(17)8-15-7-10-4-3-9(13(18)19)6-11(10)14/h3-4,6,15H,2,5,7-8H2,1H3,(H,16,17)(H,18,19). The molecule has 0 aliphatic carbocycles. The summed E-state index contributed by atoms with van der Waals surface area (Å²) in [5.41, 5.74) is 1.14. The van der Waals surface area contributed by atoms with E-state index in [2.05, 4.69) is 26.6 Å². The molecule has 0 fully saturated rings. The highest BCUT2D eigenvalue weighted by molar-refractivity contribution is 9.10. The Morgan fingerprint density at radius 3 is 2.68 bits per heavy atom. The lowest BCUT2D eigenvalue weighted by Gasteiger charge is -2.08. The van der Waals surface area contributed by atoms with Gasteiger partial charge in [-0.3, -0.25) is 4.79 Å². The van der Waals surface area contributed by atoms with Crippen LogP contribution in [0.25, 0.3) is 0 Å². The number of carbonyl (C=O) groups excluding carboxylic acids is 1. The third-order valence-corrected chi connectivity index (χ3v) is 3.21. The Bertz CT molecular complexity index is 463. The van der Waals surface area contributed by atoms with Crippen LogP contribution in [0.1, 0.15) is 29.3 Å². The van der Waals surface area contributed by atoms with Crippen molar-refractivity contribution in [3.63, 3.8) is 0 Å². The first-order valence-corrected chi connectivity index (χ1v) is 6.83. The molecule has 0 heterocycles. The summed E-state index contributed by atoms with van der Waals surface area (Å²) in [6.45, 7) is 3.42. The van der Waals surface area contributed by atoms with E-state index in [1.165, 1.54) is 0 Å². The molecule has 5 nitrogen and oxygen atoms in total. The summed E-state index contributed by atoms with van der Waals surface area (Å²) in [5, 5.41) is 14.6. The molecular weight excluding hydrogens is 312 g/mol. The number of amides is 1. The van der Waals surface area contributed by atoms with E-state index in [1.54, 1.807) is 18.2 Å². The van der Waals surface area contributed by atoms with Crippen molar-refractivity contribution in [1.29, 1.82) is 0 Å². The van der Waals surface area contributed by atoms with Crippen molar-refractivity contribution in [2.24, 2.45) is 0 Å². The highest BCUT2D eigenvalue weighted by atomic mass is 79.9. The Morgan fingerprint density at radius 2 is 2.11 bits per heavy atom. The number of hydrogen-bond acceptors (Lipinski definition) is 3. The van der Waals surface area contributed by atoms with Crippen LogP contribution in [0.3, 0.4) is 0 Å². The lowest BCUT2D eigenvalue weighted by atomic mass is 10.1. The van der Waals surface area contributed by atoms with E-state index in [0.29, 0.717) is 17.6 Å². The van der Waals surface area contributed by atoms with Crippen LogP contribution in [0.4, 0.5) is 0 Å². The van der Waals surface area contributed by atoms with Crippen LogP contribution in [-0.2, 0) is 11.3 Å². The average Bonchev–Trinajstić information content (AvgIpc) is 2.38. The van der Waals surface area contributed by atoms with Crippen molar-refractivity contribution in [3.8, 4) is 0 Å². The minimum Gasteiger partial charge on any atom is -0.478 e. The van der Waals surface area contributed by atoms with Gasteiger partial charge in [-0.2, -0.15) is 0 Å². The summed E-state index contributed by atoms with van der Waals surface area (Å²) in [7, 11) is 0. The van der Waals surface area contributed by atoms with Crippen LogP contribution < -0.4 is 10.6 Å². The quantitative estimate of drug-likeness (QED) is 0.712. The topological polar surface area (TPSA) is 78.4 Å². The van der Waals surface area contributed by atoms with Gasteiger partial charge in [-0.15, -0.1) is 0 Å². The zero-order valence-electron chi connectivity index (χ0n) is 10.7. The molecule has 0 aliphatic heterocycles. The number of aromatic carboxylic acids is 1. The van der Waals surface area contributed by atoms with E-state index in [-0.39, 0.29) is 18.0 Å². The predicted octanol–water partition coefficient (Wildman–Crippen LogP) is 1.76. The van der Waals surface area contributed by atoms with Gasteiger partial charge in [0.2, 0.25) is 5.91 Å². The fraction of sp³-hybridized carbons (Fsp3) is 0.385. The number of carboxylic acids is 1. The number of carbonyl (C=O) groups is 2. The Morgan fingerprint density at radius 1 is 1.37 bits per heavy atom. The maximum atomic E-state index is 11.4. The normalized spacial score (nSPS) is 10.2. The van der Waals surface area contributed by atoms with Gasteiger partial charge in [0.1, 0.15) is 0 Å². The van der Waals surface area contributed by atoms with Gasteiger partial charge in [0.25, 0.3) is 0 Å². The van der Waals surface area contributed by atoms with Crippen molar-refractivity contribution < 1.29 is 14.7 Å². The molecular formula is C13H17BrN2O3. The molecule has 0 spiro atoms. The van der Waals surface area contributed by atoms with Crippen LogP contribution in [0.5, 0.6) is 0 Å². The number of hydrogen-bond donors (Lipinski definition) is 3. The molecule has 1 amide bonds. The second kappa shape index (κ2) is 7.91. The number of benzene rings is 1. The van der Waals surface area contributed by atoms with Crippen molar-refractivity contribution in [2.75, 3.05) is 13.1 Å². The highest BCUT2D eigenvalue weighted by Crippen LogP contribution is 2.18. The fourth-order valence-electron chi connectivity index (χ4n) is 1.46. The number of nitrogens with one attached hydrogen (secondary N) is 2. The molecule has 6 heteroatoms. The zero-order chi connectivity index (χ0) is 14.3. The van der Waals surface area contributed by atoms with Crippen LogP contribution in [0, 0.1) is 0 Å². The summed E-state index contributed by atoms with van der Waals surface area (Å²) in [6, 6.07) is 4.82. The highest BCUT2D eigenvalue weighted by Gasteiger charge is 2.07. The van der Waals surface area contributed by atoms with Crippen LogP contribution >= 0.6 is 15.9 Å². The monoisotopic (exact) mass is 328 g/mol. The van der Waals surface area contributed by atoms with Gasteiger partial charge in [0, 0.05) is 17.6 Å². The fourth-order valence-corrected chi connectivity index (χ4v) is 1.98. The van der Waals surface area contributed by atoms with E-state index >= 15 is 0 Å². The van der Waals surface area contributed by atoms with E-state index in [1.807, 2.05) is 6.92 Å². The van der Waals surface area contributed by atoms with Crippen LogP contribution in [-0.4, -0.2) is 30.1 Å². The van der Waals surface area contributed by atoms with Gasteiger partial charge in [-0.25, -0.2) is 4.79 Å². The third-order valence-electron chi connectivity index (χ3n) is 2.47. The molecule has 1 aromatic carbocycles. The first-order chi connectivity index (χ1) is 9.04. The molecule has 104 valence electrons. The molecule has 0 aromatic heterocycles. The second-order valence-electron chi connectivity index (χ2n) is 4.06. The van der Waals surface area contributed by atoms with Crippen LogP contribution in [0.15, 0.2) is 22.7 Å². The molecule has 0 saturated heterocycles. The first-order valence-electron chi connectivity index (χ1n) is 6.03. The average molecular weight is 329 g/mol.